The van der Waals surface area contributed by atoms with Crippen LogP contribution in [0.15, 0.2) is 42.6 Å². The fraction of sp³-hybridized carbons (Fsp3) is 0.143. The number of rotatable bonds is 3. The molecular formula is C14H11F2N3O. The molecule has 3 rings (SSSR count). The van der Waals surface area contributed by atoms with Gasteiger partial charge in [-0.1, -0.05) is 12.1 Å². The third-order valence-electron chi connectivity index (χ3n) is 2.99. The molecule has 0 amide bonds. The average molecular weight is 275 g/mol. The molecule has 0 radical (unpaired) electrons. The fourth-order valence-corrected chi connectivity index (χ4v) is 2.09. The number of hydrogen-bond donors (Lipinski definition) is 0. The molecule has 2 heterocycles. The first-order chi connectivity index (χ1) is 9.70. The molecule has 2 aromatic heterocycles. The van der Waals surface area contributed by atoms with Gasteiger partial charge < -0.3 is 4.74 Å². The van der Waals surface area contributed by atoms with Gasteiger partial charge in [-0.25, -0.2) is 18.3 Å². The summed E-state index contributed by atoms with van der Waals surface area (Å²) in [5.41, 5.74) is 1.29. The van der Waals surface area contributed by atoms with E-state index in [1.54, 1.807) is 18.2 Å². The monoisotopic (exact) mass is 275 g/mol. The molecule has 0 spiro atoms. The molecule has 0 atom stereocenters. The van der Waals surface area contributed by atoms with Crippen molar-refractivity contribution >= 4 is 5.65 Å². The van der Waals surface area contributed by atoms with Crippen molar-refractivity contribution in [2.24, 2.45) is 0 Å². The van der Waals surface area contributed by atoms with E-state index in [2.05, 4.69) is 10.1 Å². The van der Waals surface area contributed by atoms with Crippen molar-refractivity contribution in [2.75, 3.05) is 7.11 Å². The topological polar surface area (TPSA) is 39.4 Å². The lowest BCUT2D eigenvalue weighted by molar-refractivity contribution is 0.143. The first-order valence-corrected chi connectivity index (χ1v) is 5.97. The third-order valence-corrected chi connectivity index (χ3v) is 2.99. The lowest BCUT2D eigenvalue weighted by Gasteiger charge is -2.10. The molecule has 0 saturated carbocycles. The Bertz CT molecular complexity index is 755. The second-order valence-corrected chi connectivity index (χ2v) is 4.17. The lowest BCUT2D eigenvalue weighted by Crippen LogP contribution is -2.02. The molecule has 6 heteroatoms. The third kappa shape index (κ3) is 1.99. The zero-order chi connectivity index (χ0) is 14.1. The van der Waals surface area contributed by atoms with Crippen LogP contribution < -0.4 is 4.74 Å². The zero-order valence-electron chi connectivity index (χ0n) is 10.6. The summed E-state index contributed by atoms with van der Waals surface area (Å²) in [5.74, 6) is 0.587. The summed E-state index contributed by atoms with van der Waals surface area (Å²) in [6, 6.07) is 10.1. The number of para-hydroxylation sites is 1. The van der Waals surface area contributed by atoms with Crippen molar-refractivity contribution in [1.82, 2.24) is 14.6 Å². The molecule has 1 aromatic carbocycles. The Morgan fingerprint density at radius 3 is 2.75 bits per heavy atom. The zero-order valence-corrected chi connectivity index (χ0v) is 10.6. The van der Waals surface area contributed by atoms with Crippen molar-refractivity contribution in [2.45, 2.75) is 6.43 Å². The maximum Gasteiger partial charge on any atom is 0.280 e. The normalized spacial score (nSPS) is 11.2. The second kappa shape index (κ2) is 4.88. The van der Waals surface area contributed by atoms with Crippen LogP contribution in [0.5, 0.6) is 5.75 Å². The van der Waals surface area contributed by atoms with Gasteiger partial charge in [0, 0.05) is 11.6 Å². The Hall–Kier alpha value is -2.50. The van der Waals surface area contributed by atoms with Crippen LogP contribution in [0, 0.1) is 0 Å². The van der Waals surface area contributed by atoms with Crippen molar-refractivity contribution in [3.8, 4) is 17.0 Å². The summed E-state index contributed by atoms with van der Waals surface area (Å²) in [6.07, 6.45) is -1.19. The molecule has 102 valence electrons. The van der Waals surface area contributed by atoms with Crippen molar-refractivity contribution in [3.05, 3.63) is 48.3 Å². The minimum atomic E-state index is -2.63. The molecule has 0 aliphatic carbocycles. The van der Waals surface area contributed by atoms with Gasteiger partial charge in [-0.3, -0.25) is 0 Å². The fourth-order valence-electron chi connectivity index (χ4n) is 2.09. The smallest absolute Gasteiger partial charge is 0.280 e. The Morgan fingerprint density at radius 1 is 1.20 bits per heavy atom. The first kappa shape index (κ1) is 12.5. The van der Waals surface area contributed by atoms with Gasteiger partial charge in [-0.05, 0) is 18.2 Å². The predicted octanol–water partition coefficient (Wildman–Crippen LogP) is 3.34. The van der Waals surface area contributed by atoms with Gasteiger partial charge in [0.05, 0.1) is 19.0 Å². The molecular weight excluding hydrogens is 264 g/mol. The molecule has 0 aliphatic heterocycles. The molecule has 3 aromatic rings. The highest BCUT2D eigenvalue weighted by molar-refractivity contribution is 5.69. The molecule has 20 heavy (non-hydrogen) atoms. The minimum absolute atomic E-state index is 0.194. The minimum Gasteiger partial charge on any atom is -0.496 e. The Labute approximate surface area is 113 Å². The Balaban J connectivity index is 2.26. The summed E-state index contributed by atoms with van der Waals surface area (Å²) >= 11 is 0. The van der Waals surface area contributed by atoms with E-state index in [1.165, 1.54) is 19.4 Å². The number of alkyl halides is 2. The van der Waals surface area contributed by atoms with Crippen LogP contribution in [-0.2, 0) is 0 Å². The Kier molecular flexibility index (Phi) is 3.06. The van der Waals surface area contributed by atoms with E-state index in [9.17, 15) is 8.78 Å². The summed E-state index contributed by atoms with van der Waals surface area (Å²) in [4.78, 5) is 4.34. The number of ether oxygens (including phenoxy) is 1. The lowest BCUT2D eigenvalue weighted by atomic mass is 10.1. The largest absolute Gasteiger partial charge is 0.496 e. The number of nitrogens with zero attached hydrogens (tertiary/aromatic N) is 3. The summed E-state index contributed by atoms with van der Waals surface area (Å²) in [5, 5.41) is 3.86. The number of aromatic nitrogens is 3. The predicted molar refractivity (Wildman–Crippen MR) is 69.9 cm³/mol. The van der Waals surface area contributed by atoms with Gasteiger partial charge in [0.2, 0.25) is 0 Å². The molecule has 0 unspecified atom stereocenters. The number of methoxy groups -OCH3 is 1. The number of halogens is 2. The van der Waals surface area contributed by atoms with Gasteiger partial charge in [-0.2, -0.15) is 5.10 Å². The van der Waals surface area contributed by atoms with Crippen LogP contribution in [0.3, 0.4) is 0 Å². The van der Waals surface area contributed by atoms with E-state index in [-0.39, 0.29) is 5.69 Å². The van der Waals surface area contributed by atoms with Crippen molar-refractivity contribution < 1.29 is 13.5 Å². The van der Waals surface area contributed by atoms with Gasteiger partial charge in [0.15, 0.2) is 5.65 Å². The number of fused-ring (bicyclic) bond motifs is 1. The van der Waals surface area contributed by atoms with Crippen LogP contribution in [-0.4, -0.2) is 21.7 Å². The molecule has 0 N–H and O–H groups in total. The highest BCUT2D eigenvalue weighted by Crippen LogP contribution is 2.31. The molecule has 0 fully saturated rings. The van der Waals surface area contributed by atoms with Crippen LogP contribution in [0.25, 0.3) is 16.9 Å². The molecule has 4 nitrogen and oxygen atoms in total. The summed E-state index contributed by atoms with van der Waals surface area (Å²) in [6.45, 7) is 0. The molecule has 0 aliphatic rings. The highest BCUT2D eigenvalue weighted by Gasteiger charge is 2.17. The summed E-state index contributed by atoms with van der Waals surface area (Å²) < 4.78 is 32.7. The maximum atomic E-state index is 13.1. The van der Waals surface area contributed by atoms with Crippen LogP contribution in [0.1, 0.15) is 12.1 Å². The van der Waals surface area contributed by atoms with Crippen LogP contribution >= 0.6 is 0 Å². The number of hydrogen-bond acceptors (Lipinski definition) is 3. The van der Waals surface area contributed by atoms with Gasteiger partial charge in [0.25, 0.3) is 6.43 Å². The maximum absolute atomic E-state index is 13.1. The average Bonchev–Trinajstić information content (AvgIpc) is 2.94. The van der Waals surface area contributed by atoms with E-state index in [4.69, 9.17) is 4.74 Å². The van der Waals surface area contributed by atoms with Crippen molar-refractivity contribution in [1.29, 1.82) is 0 Å². The van der Waals surface area contributed by atoms with E-state index < -0.39 is 6.43 Å². The van der Waals surface area contributed by atoms with Crippen molar-refractivity contribution in [3.63, 3.8) is 0 Å². The molecule has 0 saturated heterocycles. The van der Waals surface area contributed by atoms with E-state index in [1.807, 2.05) is 12.1 Å². The van der Waals surface area contributed by atoms with Gasteiger partial charge >= 0.3 is 0 Å². The van der Waals surface area contributed by atoms with E-state index in [0.29, 0.717) is 22.7 Å². The first-order valence-electron chi connectivity index (χ1n) is 5.97. The van der Waals surface area contributed by atoms with E-state index in [0.717, 1.165) is 4.52 Å². The van der Waals surface area contributed by atoms with Crippen LogP contribution in [0.4, 0.5) is 8.78 Å². The SMILES string of the molecule is COc1ccccc1-c1cc(C(F)F)n2nccc2n1. The number of benzene rings is 1. The quantitative estimate of drug-likeness (QED) is 0.736. The summed E-state index contributed by atoms with van der Waals surface area (Å²) in [7, 11) is 1.53. The molecule has 0 bridgehead atoms. The standard InChI is InChI=1S/C14H11F2N3O/c1-20-12-5-3-2-4-9(12)10-8-11(14(15)16)19-13(18-10)6-7-17-19/h2-8,14H,1H3. The van der Waals surface area contributed by atoms with E-state index >= 15 is 0 Å². The highest BCUT2D eigenvalue weighted by atomic mass is 19.3. The van der Waals surface area contributed by atoms with Gasteiger partial charge in [-0.15, -0.1) is 0 Å². The second-order valence-electron chi connectivity index (χ2n) is 4.17. The van der Waals surface area contributed by atoms with Gasteiger partial charge in [0.1, 0.15) is 11.4 Å². The van der Waals surface area contributed by atoms with Crippen LogP contribution in [0.2, 0.25) is 0 Å². The Morgan fingerprint density at radius 2 is 2.00 bits per heavy atom.